The number of anilines is 3. The minimum atomic E-state index is -0.235. The number of hydrogen-bond acceptors (Lipinski definition) is 3. The molecular formula is C25H22ClN3O3. The van der Waals surface area contributed by atoms with Crippen LogP contribution in [0.3, 0.4) is 0 Å². The second-order valence-electron chi connectivity index (χ2n) is 7.62. The van der Waals surface area contributed by atoms with Gasteiger partial charge in [0, 0.05) is 46.7 Å². The van der Waals surface area contributed by atoms with Gasteiger partial charge in [-0.25, -0.2) is 0 Å². The van der Waals surface area contributed by atoms with Crippen molar-refractivity contribution in [1.82, 2.24) is 0 Å². The van der Waals surface area contributed by atoms with Gasteiger partial charge in [0.15, 0.2) is 0 Å². The molecule has 0 saturated heterocycles. The number of halogens is 1. The van der Waals surface area contributed by atoms with Crippen molar-refractivity contribution in [2.24, 2.45) is 0 Å². The Morgan fingerprint density at radius 3 is 2.12 bits per heavy atom. The van der Waals surface area contributed by atoms with Crippen LogP contribution in [0.15, 0.2) is 66.7 Å². The first-order chi connectivity index (χ1) is 15.4. The molecule has 162 valence electrons. The molecule has 1 aliphatic rings. The van der Waals surface area contributed by atoms with Gasteiger partial charge in [-0.1, -0.05) is 11.6 Å². The maximum absolute atomic E-state index is 13.0. The van der Waals surface area contributed by atoms with Gasteiger partial charge in [-0.05, 0) is 85.1 Å². The van der Waals surface area contributed by atoms with Crippen molar-refractivity contribution in [2.45, 2.75) is 19.8 Å². The maximum Gasteiger partial charge on any atom is 0.258 e. The van der Waals surface area contributed by atoms with Crippen molar-refractivity contribution in [3.8, 4) is 0 Å². The van der Waals surface area contributed by atoms with Crippen molar-refractivity contribution < 1.29 is 14.4 Å². The zero-order valence-electron chi connectivity index (χ0n) is 17.5. The lowest BCUT2D eigenvalue weighted by molar-refractivity contribution is -0.114. The molecule has 1 heterocycles. The first-order valence-electron chi connectivity index (χ1n) is 10.3. The smallest absolute Gasteiger partial charge is 0.258 e. The van der Waals surface area contributed by atoms with Crippen LogP contribution < -0.4 is 15.5 Å². The van der Waals surface area contributed by atoms with Crippen molar-refractivity contribution in [1.29, 1.82) is 0 Å². The molecule has 0 atom stereocenters. The number of carbonyl (C=O) groups is 3. The Balaban J connectivity index is 1.50. The van der Waals surface area contributed by atoms with Gasteiger partial charge in [-0.15, -0.1) is 0 Å². The number of benzene rings is 3. The van der Waals surface area contributed by atoms with Crippen LogP contribution in [0.5, 0.6) is 0 Å². The van der Waals surface area contributed by atoms with E-state index in [2.05, 4.69) is 10.6 Å². The molecule has 0 bridgehead atoms. The van der Waals surface area contributed by atoms with E-state index in [1.807, 2.05) is 12.1 Å². The molecule has 1 aliphatic heterocycles. The van der Waals surface area contributed by atoms with Crippen molar-refractivity contribution in [3.63, 3.8) is 0 Å². The molecule has 0 aromatic heterocycles. The van der Waals surface area contributed by atoms with Gasteiger partial charge in [0.05, 0.1) is 0 Å². The summed E-state index contributed by atoms with van der Waals surface area (Å²) in [5.41, 5.74) is 4.18. The summed E-state index contributed by atoms with van der Waals surface area (Å²) in [6.07, 6.45) is 1.62. The third kappa shape index (κ3) is 4.81. The minimum Gasteiger partial charge on any atom is -0.326 e. The molecule has 0 radical (unpaired) electrons. The van der Waals surface area contributed by atoms with Crippen LogP contribution in [-0.4, -0.2) is 24.3 Å². The molecule has 3 aromatic rings. The Labute approximate surface area is 191 Å². The zero-order valence-corrected chi connectivity index (χ0v) is 18.3. The summed E-state index contributed by atoms with van der Waals surface area (Å²) in [5.74, 6) is -0.472. The zero-order chi connectivity index (χ0) is 22.7. The van der Waals surface area contributed by atoms with E-state index in [0.717, 1.165) is 24.1 Å². The van der Waals surface area contributed by atoms with E-state index < -0.39 is 0 Å². The maximum atomic E-state index is 13.0. The van der Waals surface area contributed by atoms with Crippen LogP contribution in [0.1, 0.15) is 39.6 Å². The first-order valence-corrected chi connectivity index (χ1v) is 10.7. The topological polar surface area (TPSA) is 78.5 Å². The van der Waals surface area contributed by atoms with E-state index in [4.69, 9.17) is 11.6 Å². The second kappa shape index (κ2) is 9.24. The molecule has 0 unspecified atom stereocenters. The van der Waals surface area contributed by atoms with Crippen molar-refractivity contribution in [2.75, 3.05) is 22.1 Å². The lowest BCUT2D eigenvalue weighted by Gasteiger charge is -2.30. The van der Waals surface area contributed by atoms with E-state index >= 15 is 0 Å². The Hall–Kier alpha value is -3.64. The van der Waals surface area contributed by atoms with Gasteiger partial charge in [-0.3, -0.25) is 14.4 Å². The van der Waals surface area contributed by atoms with Crippen LogP contribution in [-0.2, 0) is 11.2 Å². The van der Waals surface area contributed by atoms with E-state index in [-0.39, 0.29) is 17.7 Å². The highest BCUT2D eigenvalue weighted by molar-refractivity contribution is 6.30. The summed E-state index contributed by atoms with van der Waals surface area (Å²) in [5, 5.41) is 6.14. The number of hydrogen-bond donors (Lipinski definition) is 2. The highest BCUT2D eigenvalue weighted by Gasteiger charge is 2.24. The largest absolute Gasteiger partial charge is 0.326 e. The highest BCUT2D eigenvalue weighted by Crippen LogP contribution is 2.30. The molecule has 4 rings (SSSR count). The quantitative estimate of drug-likeness (QED) is 0.581. The van der Waals surface area contributed by atoms with E-state index in [1.165, 1.54) is 6.92 Å². The van der Waals surface area contributed by atoms with Gasteiger partial charge in [-0.2, -0.15) is 0 Å². The Morgan fingerprint density at radius 2 is 1.47 bits per heavy atom. The van der Waals surface area contributed by atoms with Gasteiger partial charge in [0.2, 0.25) is 5.91 Å². The summed E-state index contributed by atoms with van der Waals surface area (Å²) in [4.78, 5) is 38.6. The fraction of sp³-hybridized carbons (Fsp3) is 0.160. The first kappa shape index (κ1) is 21.6. The SMILES string of the molecule is CC(=O)Nc1ccc(NC(=O)c2ccc3c(c2)CCCN3C(=O)c2ccc(Cl)cc2)cc1. The number of fused-ring (bicyclic) bond motifs is 1. The van der Waals surface area contributed by atoms with Crippen LogP contribution in [0.4, 0.5) is 17.1 Å². The summed E-state index contributed by atoms with van der Waals surface area (Å²) in [7, 11) is 0. The number of nitrogens with one attached hydrogen (secondary N) is 2. The van der Waals surface area contributed by atoms with Crippen molar-refractivity contribution >= 4 is 46.4 Å². The fourth-order valence-corrected chi connectivity index (χ4v) is 3.87. The number of aryl methyl sites for hydroxylation is 1. The van der Waals surface area contributed by atoms with Gasteiger partial charge in [0.25, 0.3) is 11.8 Å². The second-order valence-corrected chi connectivity index (χ2v) is 8.06. The molecular weight excluding hydrogens is 426 g/mol. The molecule has 2 N–H and O–H groups in total. The Kier molecular flexibility index (Phi) is 6.23. The van der Waals surface area contributed by atoms with Gasteiger partial charge in [0.1, 0.15) is 0 Å². The van der Waals surface area contributed by atoms with E-state index in [0.29, 0.717) is 34.1 Å². The van der Waals surface area contributed by atoms with Gasteiger partial charge < -0.3 is 15.5 Å². The average molecular weight is 448 g/mol. The molecule has 7 heteroatoms. The molecule has 0 fully saturated rings. The summed E-state index contributed by atoms with van der Waals surface area (Å²) < 4.78 is 0. The summed E-state index contributed by atoms with van der Waals surface area (Å²) in [6.45, 7) is 2.07. The van der Waals surface area contributed by atoms with E-state index in [9.17, 15) is 14.4 Å². The third-order valence-electron chi connectivity index (χ3n) is 5.26. The monoisotopic (exact) mass is 447 g/mol. The third-order valence-corrected chi connectivity index (χ3v) is 5.51. The van der Waals surface area contributed by atoms with E-state index in [1.54, 1.807) is 59.5 Å². The lowest BCUT2D eigenvalue weighted by Crippen LogP contribution is -2.35. The number of amides is 3. The highest BCUT2D eigenvalue weighted by atomic mass is 35.5. The fourth-order valence-electron chi connectivity index (χ4n) is 3.74. The number of nitrogens with zero attached hydrogens (tertiary/aromatic N) is 1. The van der Waals surface area contributed by atoms with Crippen LogP contribution in [0.25, 0.3) is 0 Å². The normalized spacial score (nSPS) is 12.6. The van der Waals surface area contributed by atoms with Crippen LogP contribution in [0.2, 0.25) is 5.02 Å². The molecule has 0 saturated carbocycles. The molecule has 32 heavy (non-hydrogen) atoms. The predicted molar refractivity (Wildman–Crippen MR) is 127 cm³/mol. The molecule has 6 nitrogen and oxygen atoms in total. The Morgan fingerprint density at radius 1 is 0.844 bits per heavy atom. The minimum absolute atomic E-state index is 0.0842. The van der Waals surface area contributed by atoms with Gasteiger partial charge >= 0.3 is 0 Å². The standard InChI is InChI=1S/C25H22ClN3O3/c1-16(30)27-21-9-11-22(12-10-21)28-24(31)19-6-13-23-18(15-19)3-2-14-29(23)25(32)17-4-7-20(26)8-5-17/h4-13,15H,2-3,14H2,1H3,(H,27,30)(H,28,31). The molecule has 0 aliphatic carbocycles. The number of carbonyl (C=O) groups excluding carboxylic acids is 3. The predicted octanol–water partition coefficient (Wildman–Crippen LogP) is 5.14. The average Bonchev–Trinajstić information content (AvgIpc) is 2.79. The number of rotatable bonds is 4. The van der Waals surface area contributed by atoms with Crippen molar-refractivity contribution in [3.05, 3.63) is 88.4 Å². The molecule has 3 aromatic carbocycles. The summed E-state index contributed by atoms with van der Waals surface area (Å²) >= 11 is 5.94. The Bertz CT molecular complexity index is 1170. The van der Waals surface area contributed by atoms with Crippen LogP contribution >= 0.6 is 11.6 Å². The van der Waals surface area contributed by atoms with Crippen LogP contribution in [0, 0.1) is 0 Å². The molecule has 3 amide bonds. The lowest BCUT2D eigenvalue weighted by atomic mass is 9.98. The molecule has 0 spiro atoms. The summed E-state index contributed by atoms with van der Waals surface area (Å²) in [6, 6.07) is 19.2.